The van der Waals surface area contributed by atoms with Gasteiger partial charge in [0.2, 0.25) is 11.8 Å². The smallest absolute Gasteiger partial charge is 0.344 e. The number of allylic oxidation sites excluding steroid dienone is 3. The lowest BCUT2D eigenvalue weighted by atomic mass is 9.87. The molecule has 5 nitrogen and oxygen atoms in total. The molecule has 0 saturated carbocycles. The molecule has 0 aliphatic heterocycles. The van der Waals surface area contributed by atoms with E-state index in [4.69, 9.17) is 23.2 Å². The fourth-order valence-corrected chi connectivity index (χ4v) is 4.79. The van der Waals surface area contributed by atoms with Crippen molar-refractivity contribution in [3.8, 4) is 0 Å². The monoisotopic (exact) mass is 580 g/mol. The first-order chi connectivity index (χ1) is 18.4. The Bertz CT molecular complexity index is 1250. The van der Waals surface area contributed by atoms with Gasteiger partial charge in [-0.05, 0) is 41.7 Å². The second-order valence-corrected chi connectivity index (χ2v) is 10.6. The van der Waals surface area contributed by atoms with Crippen molar-refractivity contribution in [2.24, 2.45) is 11.8 Å². The maximum Gasteiger partial charge on any atom is 0.452 e. The minimum Gasteiger partial charge on any atom is -0.344 e. The summed E-state index contributed by atoms with van der Waals surface area (Å²) in [5.74, 6) is -5.27. The number of alkyl halides is 3. The van der Waals surface area contributed by atoms with Crippen molar-refractivity contribution in [1.29, 1.82) is 0 Å². The average molecular weight is 581 g/mol. The molecule has 0 saturated heterocycles. The maximum atomic E-state index is 13.4. The third-order valence-electron chi connectivity index (χ3n) is 6.48. The van der Waals surface area contributed by atoms with Crippen molar-refractivity contribution in [3.05, 3.63) is 94.0 Å². The molecule has 2 N–H and O–H groups in total. The topological polar surface area (TPSA) is 75.3 Å². The van der Waals surface area contributed by atoms with Crippen LogP contribution in [0.5, 0.6) is 0 Å². The summed E-state index contributed by atoms with van der Waals surface area (Å²) in [6.07, 6.45) is -0.0872. The lowest BCUT2D eigenvalue weighted by molar-refractivity contribution is -0.175. The fourth-order valence-electron chi connectivity index (χ4n) is 4.43. The molecule has 208 valence electrons. The van der Waals surface area contributed by atoms with Crippen LogP contribution in [-0.4, -0.2) is 35.9 Å². The molecule has 1 aliphatic carbocycles. The van der Waals surface area contributed by atoms with Gasteiger partial charge < -0.3 is 10.6 Å². The van der Waals surface area contributed by atoms with Crippen molar-refractivity contribution < 1.29 is 27.6 Å². The molecule has 39 heavy (non-hydrogen) atoms. The summed E-state index contributed by atoms with van der Waals surface area (Å²) in [7, 11) is 0. The van der Waals surface area contributed by atoms with E-state index < -0.39 is 53.6 Å². The maximum absolute atomic E-state index is 13.4. The van der Waals surface area contributed by atoms with Crippen molar-refractivity contribution in [2.45, 2.75) is 50.9 Å². The summed E-state index contributed by atoms with van der Waals surface area (Å²) in [4.78, 5) is 38.7. The second kappa shape index (κ2) is 13.3. The van der Waals surface area contributed by atoms with Crippen LogP contribution in [0.3, 0.4) is 0 Å². The van der Waals surface area contributed by atoms with E-state index in [0.717, 1.165) is 11.1 Å². The fraction of sp³-hybridized carbons (Fsp3) is 0.345. The van der Waals surface area contributed by atoms with E-state index in [2.05, 4.69) is 10.6 Å². The Hall–Kier alpha value is -3.10. The summed E-state index contributed by atoms with van der Waals surface area (Å²) in [5.41, 5.74) is 1.63. The zero-order valence-electron chi connectivity index (χ0n) is 21.3. The lowest BCUT2D eigenvalue weighted by Gasteiger charge is -2.30. The van der Waals surface area contributed by atoms with Crippen LogP contribution in [0, 0.1) is 11.8 Å². The Balaban J connectivity index is 1.87. The Morgan fingerprint density at radius 3 is 2.21 bits per heavy atom. The summed E-state index contributed by atoms with van der Waals surface area (Å²) in [6, 6.07) is 13.3. The van der Waals surface area contributed by atoms with Gasteiger partial charge in [-0.15, -0.1) is 0 Å². The van der Waals surface area contributed by atoms with Gasteiger partial charge in [-0.3, -0.25) is 14.4 Å². The van der Waals surface area contributed by atoms with Gasteiger partial charge in [-0.1, -0.05) is 91.7 Å². The Morgan fingerprint density at radius 1 is 0.974 bits per heavy atom. The third-order valence-corrected chi connectivity index (χ3v) is 7.00. The normalized spacial score (nSPS) is 17.6. The number of benzene rings is 2. The molecule has 2 unspecified atom stereocenters. The van der Waals surface area contributed by atoms with Crippen LogP contribution >= 0.6 is 23.2 Å². The van der Waals surface area contributed by atoms with Gasteiger partial charge in [0.05, 0.1) is 6.04 Å². The van der Waals surface area contributed by atoms with Gasteiger partial charge in [0, 0.05) is 28.3 Å². The lowest BCUT2D eigenvalue weighted by Crippen LogP contribution is -2.57. The number of carbonyl (C=O) groups excluding carboxylic acids is 3. The van der Waals surface area contributed by atoms with E-state index in [-0.39, 0.29) is 12.8 Å². The minimum atomic E-state index is -5.12. The van der Waals surface area contributed by atoms with Crippen LogP contribution in [0.1, 0.15) is 43.7 Å². The summed E-state index contributed by atoms with van der Waals surface area (Å²) in [6.45, 7) is 2.81. The van der Waals surface area contributed by atoms with Crippen LogP contribution in [0.15, 0.2) is 77.9 Å². The van der Waals surface area contributed by atoms with Crippen LogP contribution < -0.4 is 10.6 Å². The number of hydrogen-bond acceptors (Lipinski definition) is 3. The zero-order chi connectivity index (χ0) is 28.7. The minimum absolute atomic E-state index is 0.0593. The molecule has 0 bridgehead atoms. The molecule has 0 fully saturated rings. The van der Waals surface area contributed by atoms with Gasteiger partial charge in [0.15, 0.2) is 0 Å². The third kappa shape index (κ3) is 8.44. The highest BCUT2D eigenvalue weighted by atomic mass is 35.5. The standard InChI is InChI=1S/C29H29Cl2F3N2O3/c1-17(2)25(27(38)29(32,33)34)36-28(39)26(19-11-13-21(30)14-12-19)35-24(37)16-23(18-7-4-3-5-8-18)20-9-6-10-22(31)15-20/h3-11,13-15,17,19,23,25-26H,12,16H2,1-2H3,(H,35,37)(H,36,39)/t19?,23?,25-,26-/m0/s1. The van der Waals surface area contributed by atoms with E-state index in [1.54, 1.807) is 36.4 Å². The highest BCUT2D eigenvalue weighted by molar-refractivity contribution is 6.31. The van der Waals surface area contributed by atoms with Crippen LogP contribution in [0.4, 0.5) is 13.2 Å². The molecule has 3 rings (SSSR count). The molecule has 2 aromatic rings. The Morgan fingerprint density at radius 2 is 1.64 bits per heavy atom. The van der Waals surface area contributed by atoms with Crippen molar-refractivity contribution in [1.82, 2.24) is 10.6 Å². The van der Waals surface area contributed by atoms with Gasteiger partial charge in [-0.25, -0.2) is 0 Å². The SMILES string of the molecule is CC(C)[C@H](NC(=O)[C@@H](NC(=O)CC(c1ccccc1)c1cccc(Cl)c1)C1C=CC(Cl)=CC1)C(=O)C(F)(F)F. The molecule has 10 heteroatoms. The molecule has 0 radical (unpaired) electrons. The van der Waals surface area contributed by atoms with E-state index in [9.17, 15) is 27.6 Å². The van der Waals surface area contributed by atoms with Crippen LogP contribution in [0.2, 0.25) is 5.02 Å². The van der Waals surface area contributed by atoms with E-state index >= 15 is 0 Å². The molecule has 0 spiro atoms. The molecule has 4 atom stereocenters. The number of Topliss-reactive ketones (excluding diaryl/α,β-unsaturated/α-hetero) is 1. The van der Waals surface area contributed by atoms with Crippen LogP contribution in [-0.2, 0) is 14.4 Å². The van der Waals surface area contributed by atoms with Crippen LogP contribution in [0.25, 0.3) is 0 Å². The molecular formula is C29H29Cl2F3N2O3. The number of rotatable bonds is 10. The van der Waals surface area contributed by atoms with Crippen molar-refractivity contribution in [3.63, 3.8) is 0 Å². The zero-order valence-corrected chi connectivity index (χ0v) is 22.9. The number of halogens is 5. The first kappa shape index (κ1) is 30.4. The molecule has 2 aromatic carbocycles. The van der Waals surface area contributed by atoms with Gasteiger partial charge in [0.1, 0.15) is 6.04 Å². The summed E-state index contributed by atoms with van der Waals surface area (Å²) >= 11 is 12.2. The highest BCUT2D eigenvalue weighted by Gasteiger charge is 2.46. The molecule has 2 amide bonds. The Kier molecular flexibility index (Phi) is 10.4. The second-order valence-electron chi connectivity index (χ2n) is 9.71. The molecule has 1 aliphatic rings. The first-order valence-electron chi connectivity index (χ1n) is 12.4. The number of nitrogens with one attached hydrogen (secondary N) is 2. The largest absolute Gasteiger partial charge is 0.452 e. The molecular weight excluding hydrogens is 552 g/mol. The average Bonchev–Trinajstić information content (AvgIpc) is 2.89. The van der Waals surface area contributed by atoms with Crippen molar-refractivity contribution >= 4 is 40.8 Å². The number of carbonyl (C=O) groups is 3. The number of amides is 2. The number of hydrogen-bond donors (Lipinski definition) is 2. The van der Waals surface area contributed by atoms with E-state index in [1.165, 1.54) is 13.8 Å². The molecule has 0 heterocycles. The van der Waals surface area contributed by atoms with E-state index in [0.29, 0.717) is 10.1 Å². The van der Waals surface area contributed by atoms with Gasteiger partial charge >= 0.3 is 6.18 Å². The highest BCUT2D eigenvalue weighted by Crippen LogP contribution is 2.30. The molecule has 0 aromatic heterocycles. The summed E-state index contributed by atoms with van der Waals surface area (Å²) < 4.78 is 39.6. The predicted octanol–water partition coefficient (Wildman–Crippen LogP) is 6.32. The van der Waals surface area contributed by atoms with Gasteiger partial charge in [0.25, 0.3) is 5.78 Å². The Labute approximate surface area is 235 Å². The van der Waals surface area contributed by atoms with Gasteiger partial charge in [-0.2, -0.15) is 13.2 Å². The van der Waals surface area contributed by atoms with E-state index in [1.807, 2.05) is 36.4 Å². The van der Waals surface area contributed by atoms with Crippen molar-refractivity contribution in [2.75, 3.05) is 0 Å². The predicted molar refractivity (Wildman–Crippen MR) is 145 cm³/mol. The quantitative estimate of drug-likeness (QED) is 0.345. The summed E-state index contributed by atoms with van der Waals surface area (Å²) in [5, 5.41) is 5.88. The number of ketones is 1. The first-order valence-corrected chi connectivity index (χ1v) is 13.2.